The van der Waals surface area contributed by atoms with Crippen molar-refractivity contribution in [3.05, 3.63) is 34.9 Å². The van der Waals surface area contributed by atoms with Crippen molar-refractivity contribution in [3.8, 4) is 0 Å². The van der Waals surface area contributed by atoms with Gasteiger partial charge in [-0.1, -0.05) is 23.7 Å². The Labute approximate surface area is 113 Å². The van der Waals surface area contributed by atoms with Gasteiger partial charge in [0.2, 0.25) is 5.91 Å². The molecule has 3 nitrogen and oxygen atoms in total. The Hall–Kier alpha value is -1.06. The van der Waals surface area contributed by atoms with Crippen molar-refractivity contribution >= 4 is 17.5 Å². The van der Waals surface area contributed by atoms with Crippen LogP contribution in [-0.4, -0.2) is 19.0 Å². The number of piperidine rings is 1. The molecule has 0 bridgehead atoms. The lowest BCUT2D eigenvalue weighted by molar-refractivity contribution is -0.126. The van der Waals surface area contributed by atoms with Gasteiger partial charge >= 0.3 is 0 Å². The summed E-state index contributed by atoms with van der Waals surface area (Å²) in [6.07, 6.45) is 2.05. The third-order valence-corrected chi connectivity index (χ3v) is 3.61. The van der Waals surface area contributed by atoms with Crippen molar-refractivity contribution in [1.29, 1.82) is 0 Å². The molecule has 0 saturated carbocycles. The lowest BCUT2D eigenvalue weighted by Gasteiger charge is -2.24. The first-order valence-electron chi connectivity index (χ1n) is 6.43. The Morgan fingerprint density at radius 3 is 3.06 bits per heavy atom. The summed E-state index contributed by atoms with van der Waals surface area (Å²) in [7, 11) is 0. The van der Waals surface area contributed by atoms with E-state index in [2.05, 4.69) is 10.6 Å². The highest BCUT2D eigenvalue weighted by Gasteiger charge is 2.22. The fourth-order valence-corrected chi connectivity index (χ4v) is 2.46. The van der Waals surface area contributed by atoms with Gasteiger partial charge in [0.15, 0.2) is 0 Å². The van der Waals surface area contributed by atoms with Crippen LogP contribution in [-0.2, 0) is 4.79 Å². The number of carbonyl (C=O) groups excluding carboxylic acids is 1. The molecule has 18 heavy (non-hydrogen) atoms. The van der Waals surface area contributed by atoms with Crippen molar-refractivity contribution in [1.82, 2.24) is 10.6 Å². The van der Waals surface area contributed by atoms with Crippen LogP contribution in [0.25, 0.3) is 0 Å². The van der Waals surface area contributed by atoms with Gasteiger partial charge in [0.25, 0.3) is 0 Å². The minimum absolute atomic E-state index is 0.00173. The first-order chi connectivity index (χ1) is 8.66. The van der Waals surface area contributed by atoms with E-state index in [-0.39, 0.29) is 17.9 Å². The van der Waals surface area contributed by atoms with Crippen LogP contribution in [0.2, 0.25) is 5.02 Å². The van der Waals surface area contributed by atoms with Gasteiger partial charge in [0.05, 0.1) is 12.0 Å². The summed E-state index contributed by atoms with van der Waals surface area (Å²) >= 11 is 5.95. The number of carbonyl (C=O) groups is 1. The standard InChI is InChI=1S/C14H19ClN2O/c1-10(11-4-2-6-13(15)8-11)17-14(18)12-5-3-7-16-9-12/h2,4,6,8,10,12,16H,3,5,7,9H2,1H3,(H,17,18)/t10?,12-/m1/s1. The second-order valence-corrected chi connectivity index (χ2v) is 5.26. The number of halogens is 1. The maximum absolute atomic E-state index is 12.1. The summed E-state index contributed by atoms with van der Waals surface area (Å²) < 4.78 is 0. The van der Waals surface area contributed by atoms with Crippen LogP contribution in [0, 0.1) is 5.92 Å². The molecule has 1 aliphatic rings. The maximum Gasteiger partial charge on any atom is 0.224 e. The normalized spacial score (nSPS) is 21.3. The highest BCUT2D eigenvalue weighted by molar-refractivity contribution is 6.30. The molecule has 1 heterocycles. The molecular formula is C14H19ClN2O. The predicted molar refractivity (Wildman–Crippen MR) is 73.6 cm³/mol. The van der Waals surface area contributed by atoms with Crippen LogP contribution in [0.3, 0.4) is 0 Å². The highest BCUT2D eigenvalue weighted by atomic mass is 35.5. The minimum Gasteiger partial charge on any atom is -0.349 e. The van der Waals surface area contributed by atoms with Crippen molar-refractivity contribution in [3.63, 3.8) is 0 Å². The molecule has 1 fully saturated rings. The second-order valence-electron chi connectivity index (χ2n) is 4.83. The number of nitrogens with one attached hydrogen (secondary N) is 2. The molecule has 1 aromatic rings. The maximum atomic E-state index is 12.1. The van der Waals surface area contributed by atoms with E-state index in [0.717, 1.165) is 31.5 Å². The van der Waals surface area contributed by atoms with Crippen LogP contribution < -0.4 is 10.6 Å². The summed E-state index contributed by atoms with van der Waals surface area (Å²) in [5, 5.41) is 7.01. The van der Waals surface area contributed by atoms with Gasteiger partial charge in [-0.05, 0) is 44.0 Å². The number of hydrogen-bond acceptors (Lipinski definition) is 2. The fraction of sp³-hybridized carbons (Fsp3) is 0.500. The molecule has 1 aromatic carbocycles. The highest BCUT2D eigenvalue weighted by Crippen LogP contribution is 2.18. The molecule has 2 rings (SSSR count). The van der Waals surface area contributed by atoms with E-state index >= 15 is 0 Å². The molecule has 1 amide bonds. The van der Waals surface area contributed by atoms with E-state index in [4.69, 9.17) is 11.6 Å². The summed E-state index contributed by atoms with van der Waals surface area (Å²) in [5.74, 6) is 0.232. The lowest BCUT2D eigenvalue weighted by atomic mass is 9.98. The topological polar surface area (TPSA) is 41.1 Å². The second kappa shape index (κ2) is 6.21. The summed E-state index contributed by atoms with van der Waals surface area (Å²) in [6.45, 7) is 3.79. The van der Waals surface area contributed by atoms with Crippen LogP contribution in [0.1, 0.15) is 31.4 Å². The van der Waals surface area contributed by atoms with Gasteiger partial charge in [-0.25, -0.2) is 0 Å². The molecule has 2 N–H and O–H groups in total. The van der Waals surface area contributed by atoms with Crippen molar-refractivity contribution in [2.24, 2.45) is 5.92 Å². The molecule has 1 unspecified atom stereocenters. The van der Waals surface area contributed by atoms with Crippen LogP contribution >= 0.6 is 11.6 Å². The van der Waals surface area contributed by atoms with Gasteiger partial charge in [0.1, 0.15) is 0 Å². The van der Waals surface area contributed by atoms with Crippen LogP contribution in [0.4, 0.5) is 0 Å². The van der Waals surface area contributed by atoms with E-state index in [1.54, 1.807) is 0 Å². The smallest absolute Gasteiger partial charge is 0.224 e. The Balaban J connectivity index is 1.94. The molecule has 0 radical (unpaired) electrons. The third-order valence-electron chi connectivity index (χ3n) is 3.38. The molecule has 4 heteroatoms. The van der Waals surface area contributed by atoms with Crippen LogP contribution in [0.5, 0.6) is 0 Å². The minimum atomic E-state index is -0.00173. The quantitative estimate of drug-likeness (QED) is 0.883. The molecular weight excluding hydrogens is 248 g/mol. The molecule has 0 spiro atoms. The van der Waals surface area contributed by atoms with E-state index in [1.807, 2.05) is 31.2 Å². The van der Waals surface area contributed by atoms with Crippen molar-refractivity contribution in [2.45, 2.75) is 25.8 Å². The summed E-state index contributed by atoms with van der Waals surface area (Å²) in [4.78, 5) is 12.1. The largest absolute Gasteiger partial charge is 0.349 e. The number of rotatable bonds is 3. The number of benzene rings is 1. The van der Waals surface area contributed by atoms with Gasteiger partial charge in [-0.2, -0.15) is 0 Å². The van der Waals surface area contributed by atoms with E-state index in [9.17, 15) is 4.79 Å². The first kappa shape index (κ1) is 13.4. The molecule has 98 valence electrons. The molecule has 0 aliphatic carbocycles. The van der Waals surface area contributed by atoms with Gasteiger partial charge in [-0.3, -0.25) is 4.79 Å². The van der Waals surface area contributed by atoms with Crippen LogP contribution in [0.15, 0.2) is 24.3 Å². The Morgan fingerprint density at radius 1 is 1.56 bits per heavy atom. The molecule has 1 saturated heterocycles. The zero-order valence-corrected chi connectivity index (χ0v) is 11.3. The Bertz CT molecular complexity index is 416. The molecule has 2 atom stereocenters. The Kier molecular flexibility index (Phi) is 4.61. The SMILES string of the molecule is CC(NC(=O)[C@@H]1CCCNC1)c1cccc(Cl)c1. The van der Waals surface area contributed by atoms with Crippen molar-refractivity contribution in [2.75, 3.05) is 13.1 Å². The average molecular weight is 267 g/mol. The third kappa shape index (κ3) is 3.47. The summed E-state index contributed by atoms with van der Waals surface area (Å²) in [6, 6.07) is 7.62. The Morgan fingerprint density at radius 2 is 2.39 bits per heavy atom. The van der Waals surface area contributed by atoms with E-state index < -0.39 is 0 Å². The fourth-order valence-electron chi connectivity index (χ4n) is 2.27. The first-order valence-corrected chi connectivity index (χ1v) is 6.81. The summed E-state index contributed by atoms with van der Waals surface area (Å²) in [5.41, 5.74) is 1.04. The number of amides is 1. The zero-order chi connectivity index (χ0) is 13.0. The monoisotopic (exact) mass is 266 g/mol. The lowest BCUT2D eigenvalue weighted by Crippen LogP contribution is -2.41. The van der Waals surface area contributed by atoms with Gasteiger partial charge < -0.3 is 10.6 Å². The van der Waals surface area contributed by atoms with Gasteiger partial charge in [0, 0.05) is 11.6 Å². The van der Waals surface area contributed by atoms with Gasteiger partial charge in [-0.15, -0.1) is 0 Å². The van der Waals surface area contributed by atoms with E-state index in [0.29, 0.717) is 5.02 Å². The van der Waals surface area contributed by atoms with E-state index in [1.165, 1.54) is 0 Å². The molecule has 0 aromatic heterocycles. The average Bonchev–Trinajstić information content (AvgIpc) is 2.39. The number of hydrogen-bond donors (Lipinski definition) is 2. The van der Waals surface area contributed by atoms with Crippen molar-refractivity contribution < 1.29 is 4.79 Å². The zero-order valence-electron chi connectivity index (χ0n) is 10.6. The predicted octanol–water partition coefficient (Wildman–Crippen LogP) is 2.52. The molecule has 1 aliphatic heterocycles.